The molecule has 2 saturated carbocycles. The molecule has 0 atom stereocenters. The van der Waals surface area contributed by atoms with E-state index in [4.69, 9.17) is 4.99 Å². The number of nitrogens with zero attached hydrogens (tertiary/aromatic N) is 1. The maximum Gasteiger partial charge on any atom is 0.155 e. The molecule has 0 saturated heterocycles. The lowest BCUT2D eigenvalue weighted by Gasteiger charge is -2.30. The molecule has 3 nitrogen and oxygen atoms in total. The molecule has 0 aromatic heterocycles. The van der Waals surface area contributed by atoms with Crippen LogP contribution in [0.5, 0.6) is 0 Å². The zero-order valence-electron chi connectivity index (χ0n) is 17.4. The molecule has 152 valence electrons. The standard InChI is InChI=1S/C24H33NO2S/c1-24(2,3)28(26,27)16-17-9-11-19(12-10-17)22-15-21(18-13-14-18)23(25-22)20-7-5-4-6-8-20/h4-8,17-19H,9-16H2,1-3H3. The summed E-state index contributed by atoms with van der Waals surface area (Å²) in [6.45, 7) is 5.45. The molecule has 0 amide bonds. The summed E-state index contributed by atoms with van der Waals surface area (Å²) in [7, 11) is -3.03. The molecular formula is C24H33NO2S. The summed E-state index contributed by atoms with van der Waals surface area (Å²) in [6.07, 6.45) is 7.87. The van der Waals surface area contributed by atoms with Gasteiger partial charge < -0.3 is 0 Å². The lowest BCUT2D eigenvalue weighted by Crippen LogP contribution is -2.35. The molecule has 1 heterocycles. The largest absolute Gasteiger partial charge is 0.257 e. The van der Waals surface area contributed by atoms with Crippen molar-refractivity contribution >= 4 is 21.2 Å². The molecule has 1 aromatic rings. The predicted octanol–water partition coefficient (Wildman–Crippen LogP) is 5.67. The Hall–Kier alpha value is -1.42. The number of hydrogen-bond acceptors (Lipinski definition) is 3. The molecule has 0 radical (unpaired) electrons. The number of hydrogen-bond donors (Lipinski definition) is 0. The van der Waals surface area contributed by atoms with Crippen LogP contribution in [0.15, 0.2) is 40.9 Å². The first-order valence-corrected chi connectivity index (χ1v) is 12.5. The third-order valence-electron chi connectivity index (χ3n) is 6.75. The minimum atomic E-state index is -3.03. The minimum absolute atomic E-state index is 0.312. The summed E-state index contributed by atoms with van der Waals surface area (Å²) >= 11 is 0. The number of aliphatic imine (C=N–C) groups is 1. The van der Waals surface area contributed by atoms with Crippen LogP contribution in [-0.2, 0) is 9.84 Å². The van der Waals surface area contributed by atoms with Gasteiger partial charge in [0.1, 0.15) is 0 Å². The molecule has 0 N–H and O–H groups in total. The van der Waals surface area contributed by atoms with E-state index >= 15 is 0 Å². The Morgan fingerprint density at radius 2 is 1.54 bits per heavy atom. The second kappa shape index (κ2) is 7.44. The average Bonchev–Trinajstić information content (AvgIpc) is 3.40. The van der Waals surface area contributed by atoms with Crippen molar-refractivity contribution in [1.29, 1.82) is 0 Å². The summed E-state index contributed by atoms with van der Waals surface area (Å²) < 4.78 is 24.5. The van der Waals surface area contributed by atoms with Crippen molar-refractivity contribution in [2.75, 3.05) is 5.75 Å². The fourth-order valence-electron chi connectivity index (χ4n) is 4.61. The van der Waals surface area contributed by atoms with Crippen molar-refractivity contribution in [2.24, 2.45) is 22.7 Å². The highest BCUT2D eigenvalue weighted by Gasteiger charge is 2.37. The summed E-state index contributed by atoms with van der Waals surface area (Å²) in [5.41, 5.74) is 5.40. The lowest BCUT2D eigenvalue weighted by molar-refractivity contribution is 0.341. The van der Waals surface area contributed by atoms with Gasteiger partial charge in [-0.25, -0.2) is 8.42 Å². The average molecular weight is 400 g/mol. The smallest absolute Gasteiger partial charge is 0.155 e. The molecule has 1 aromatic carbocycles. The first kappa shape index (κ1) is 19.9. The molecule has 28 heavy (non-hydrogen) atoms. The zero-order chi connectivity index (χ0) is 19.9. The minimum Gasteiger partial charge on any atom is -0.257 e. The highest BCUT2D eigenvalue weighted by molar-refractivity contribution is 7.92. The Morgan fingerprint density at radius 3 is 2.11 bits per heavy atom. The van der Waals surface area contributed by atoms with Crippen LogP contribution in [-0.4, -0.2) is 24.6 Å². The summed E-state index contributed by atoms with van der Waals surface area (Å²) in [5.74, 6) is 1.93. The maximum atomic E-state index is 12.6. The number of allylic oxidation sites excluding steroid dienone is 1. The molecule has 3 aliphatic rings. The Morgan fingerprint density at radius 1 is 0.929 bits per heavy atom. The van der Waals surface area contributed by atoms with Crippen molar-refractivity contribution < 1.29 is 8.42 Å². The molecule has 4 heteroatoms. The van der Waals surface area contributed by atoms with E-state index < -0.39 is 14.6 Å². The van der Waals surface area contributed by atoms with E-state index in [1.54, 1.807) is 5.57 Å². The molecule has 0 spiro atoms. The molecule has 1 aliphatic heterocycles. The monoisotopic (exact) mass is 399 g/mol. The van der Waals surface area contributed by atoms with Gasteiger partial charge in [-0.15, -0.1) is 0 Å². The van der Waals surface area contributed by atoms with Gasteiger partial charge in [-0.05, 0) is 82.6 Å². The van der Waals surface area contributed by atoms with Gasteiger partial charge in [0.2, 0.25) is 0 Å². The van der Waals surface area contributed by atoms with Crippen molar-refractivity contribution in [1.82, 2.24) is 0 Å². The van der Waals surface area contributed by atoms with E-state index in [9.17, 15) is 8.42 Å². The van der Waals surface area contributed by atoms with Gasteiger partial charge >= 0.3 is 0 Å². The summed E-state index contributed by atoms with van der Waals surface area (Å²) in [4.78, 5) is 5.14. The third kappa shape index (κ3) is 4.12. The fraction of sp³-hybridized carbons (Fsp3) is 0.625. The normalized spacial score (nSPS) is 26.5. The van der Waals surface area contributed by atoms with Crippen LogP contribution in [0, 0.1) is 17.8 Å². The highest BCUT2D eigenvalue weighted by Crippen LogP contribution is 2.47. The van der Waals surface area contributed by atoms with E-state index in [0.717, 1.165) is 38.0 Å². The highest BCUT2D eigenvalue weighted by atomic mass is 32.2. The van der Waals surface area contributed by atoms with E-state index in [-0.39, 0.29) is 0 Å². The van der Waals surface area contributed by atoms with Gasteiger partial charge in [0.05, 0.1) is 16.2 Å². The van der Waals surface area contributed by atoms with Gasteiger partial charge in [-0.3, -0.25) is 4.99 Å². The Balaban J connectivity index is 1.42. The lowest BCUT2D eigenvalue weighted by atomic mass is 9.79. The molecule has 2 aliphatic carbocycles. The van der Waals surface area contributed by atoms with Crippen LogP contribution < -0.4 is 0 Å². The van der Waals surface area contributed by atoms with Crippen LogP contribution in [0.3, 0.4) is 0 Å². The first-order chi connectivity index (χ1) is 13.2. The SMILES string of the molecule is CC(C)(C)S(=O)(=O)CC1CCC(C2=NC(c3ccccc3)=C(C3CC3)C2)CC1. The maximum absolute atomic E-state index is 12.6. The van der Waals surface area contributed by atoms with Gasteiger partial charge in [0.15, 0.2) is 9.84 Å². The summed E-state index contributed by atoms with van der Waals surface area (Å²) in [5, 5.41) is 0. The van der Waals surface area contributed by atoms with E-state index in [1.807, 2.05) is 20.8 Å². The molecule has 0 unspecified atom stereocenters. The van der Waals surface area contributed by atoms with Crippen molar-refractivity contribution in [2.45, 2.75) is 70.5 Å². The predicted molar refractivity (Wildman–Crippen MR) is 117 cm³/mol. The molecule has 2 fully saturated rings. The number of rotatable bonds is 5. The van der Waals surface area contributed by atoms with Gasteiger partial charge in [0, 0.05) is 17.7 Å². The molecule has 0 bridgehead atoms. The molecule has 4 rings (SSSR count). The van der Waals surface area contributed by atoms with Crippen LogP contribution in [0.1, 0.15) is 71.3 Å². The first-order valence-electron chi connectivity index (χ1n) is 10.8. The van der Waals surface area contributed by atoms with Gasteiger partial charge in [-0.1, -0.05) is 30.3 Å². The molecular weight excluding hydrogens is 366 g/mol. The van der Waals surface area contributed by atoms with Crippen molar-refractivity contribution in [3.05, 3.63) is 41.5 Å². The number of benzene rings is 1. The summed E-state index contributed by atoms with van der Waals surface area (Å²) in [6, 6.07) is 10.6. The zero-order valence-corrected chi connectivity index (χ0v) is 18.3. The topological polar surface area (TPSA) is 46.5 Å². The second-order valence-corrected chi connectivity index (χ2v) is 12.7. The van der Waals surface area contributed by atoms with Crippen molar-refractivity contribution in [3.63, 3.8) is 0 Å². The van der Waals surface area contributed by atoms with E-state index in [0.29, 0.717) is 17.6 Å². The Labute approximate surface area is 170 Å². The van der Waals surface area contributed by atoms with Crippen LogP contribution >= 0.6 is 0 Å². The fourth-order valence-corrected chi connectivity index (χ4v) is 6.06. The Kier molecular flexibility index (Phi) is 5.28. The quantitative estimate of drug-likeness (QED) is 0.640. The van der Waals surface area contributed by atoms with Gasteiger partial charge in [0.25, 0.3) is 0 Å². The van der Waals surface area contributed by atoms with Crippen LogP contribution in [0.2, 0.25) is 0 Å². The number of sulfone groups is 1. The van der Waals surface area contributed by atoms with Gasteiger partial charge in [-0.2, -0.15) is 0 Å². The second-order valence-electron chi connectivity index (χ2n) is 9.91. The Bertz CT molecular complexity index is 878. The third-order valence-corrected chi connectivity index (χ3v) is 9.53. The van der Waals surface area contributed by atoms with Crippen LogP contribution in [0.4, 0.5) is 0 Å². The van der Waals surface area contributed by atoms with E-state index in [1.165, 1.54) is 29.8 Å². The van der Waals surface area contributed by atoms with Crippen LogP contribution in [0.25, 0.3) is 5.70 Å². The van der Waals surface area contributed by atoms with E-state index in [2.05, 4.69) is 30.3 Å². The van der Waals surface area contributed by atoms with Crippen molar-refractivity contribution in [3.8, 4) is 0 Å².